The molecule has 0 saturated carbocycles. The fourth-order valence-corrected chi connectivity index (χ4v) is 2.82. The molecular weight excluding hydrogens is 308 g/mol. The summed E-state index contributed by atoms with van der Waals surface area (Å²) in [5.74, 6) is 0.875. The van der Waals surface area contributed by atoms with Crippen LogP contribution in [0.2, 0.25) is 0 Å². The van der Waals surface area contributed by atoms with Crippen molar-refractivity contribution in [1.29, 1.82) is 0 Å². The van der Waals surface area contributed by atoms with Gasteiger partial charge in [0.1, 0.15) is 11.4 Å². The molecule has 6 nitrogen and oxygen atoms in total. The second-order valence-corrected chi connectivity index (χ2v) is 7.36. The molecule has 0 aliphatic carbocycles. The zero-order chi connectivity index (χ0) is 17.9. The summed E-state index contributed by atoms with van der Waals surface area (Å²) < 4.78 is 10.9. The smallest absolute Gasteiger partial charge is 0.410 e. The molecule has 2 heterocycles. The predicted octanol–water partition coefficient (Wildman–Crippen LogP) is 3.42. The molecule has 134 valence electrons. The van der Waals surface area contributed by atoms with Crippen molar-refractivity contribution in [1.82, 2.24) is 10.2 Å². The van der Waals surface area contributed by atoms with E-state index in [4.69, 9.17) is 9.15 Å². The van der Waals surface area contributed by atoms with Crippen molar-refractivity contribution >= 4 is 12.0 Å². The van der Waals surface area contributed by atoms with Gasteiger partial charge in [-0.15, -0.1) is 0 Å². The Labute approximate surface area is 143 Å². The largest absolute Gasteiger partial charge is 0.456 e. The van der Waals surface area contributed by atoms with Crippen LogP contribution in [0, 0.1) is 13.8 Å². The summed E-state index contributed by atoms with van der Waals surface area (Å²) in [6.07, 6.45) is 2.35. The molecule has 1 aromatic rings. The van der Waals surface area contributed by atoms with Crippen LogP contribution in [0.1, 0.15) is 61.9 Å². The van der Waals surface area contributed by atoms with E-state index in [1.54, 1.807) is 11.0 Å². The molecule has 1 atom stereocenters. The van der Waals surface area contributed by atoms with E-state index < -0.39 is 5.60 Å². The van der Waals surface area contributed by atoms with E-state index in [1.807, 2.05) is 34.6 Å². The molecule has 0 radical (unpaired) electrons. The van der Waals surface area contributed by atoms with Crippen molar-refractivity contribution in [3.63, 3.8) is 0 Å². The van der Waals surface area contributed by atoms with Gasteiger partial charge in [0.25, 0.3) is 5.91 Å². The van der Waals surface area contributed by atoms with Gasteiger partial charge < -0.3 is 19.4 Å². The minimum atomic E-state index is -0.493. The van der Waals surface area contributed by atoms with Crippen LogP contribution in [0.25, 0.3) is 0 Å². The number of hydrogen-bond donors (Lipinski definition) is 1. The van der Waals surface area contributed by atoms with Gasteiger partial charge in [0.2, 0.25) is 0 Å². The van der Waals surface area contributed by atoms with Crippen LogP contribution in [-0.2, 0) is 4.74 Å². The fraction of sp³-hybridized carbons (Fsp3) is 0.667. The SMILES string of the molecule is Cc1cc(C(=O)NCC[C@H]2CCCN2C(=O)OC(C)(C)C)oc1C. The summed E-state index contributed by atoms with van der Waals surface area (Å²) in [5, 5.41) is 2.86. The third kappa shape index (κ3) is 4.76. The lowest BCUT2D eigenvalue weighted by Crippen LogP contribution is -2.41. The first-order valence-corrected chi connectivity index (χ1v) is 8.52. The Kier molecular flexibility index (Phi) is 5.57. The van der Waals surface area contributed by atoms with Gasteiger partial charge in [-0.2, -0.15) is 0 Å². The van der Waals surface area contributed by atoms with E-state index in [1.165, 1.54) is 0 Å². The number of rotatable bonds is 4. The van der Waals surface area contributed by atoms with E-state index in [0.29, 0.717) is 25.3 Å². The Morgan fingerprint density at radius 2 is 2.08 bits per heavy atom. The highest BCUT2D eigenvalue weighted by molar-refractivity contribution is 5.91. The highest BCUT2D eigenvalue weighted by atomic mass is 16.6. The number of carbonyl (C=O) groups excluding carboxylic acids is 2. The summed E-state index contributed by atoms with van der Waals surface area (Å²) >= 11 is 0. The van der Waals surface area contributed by atoms with Crippen LogP contribution in [0.3, 0.4) is 0 Å². The topological polar surface area (TPSA) is 71.8 Å². The lowest BCUT2D eigenvalue weighted by Gasteiger charge is -2.28. The number of hydrogen-bond acceptors (Lipinski definition) is 4. The van der Waals surface area contributed by atoms with Gasteiger partial charge in [0.15, 0.2) is 5.76 Å². The molecule has 1 aromatic heterocycles. The predicted molar refractivity (Wildman–Crippen MR) is 91.1 cm³/mol. The molecule has 1 aliphatic rings. The lowest BCUT2D eigenvalue weighted by molar-refractivity contribution is 0.0221. The van der Waals surface area contributed by atoms with E-state index >= 15 is 0 Å². The fourth-order valence-electron chi connectivity index (χ4n) is 2.82. The second-order valence-electron chi connectivity index (χ2n) is 7.36. The molecule has 1 saturated heterocycles. The van der Waals surface area contributed by atoms with Crippen LogP contribution < -0.4 is 5.32 Å². The number of carbonyl (C=O) groups is 2. The van der Waals surface area contributed by atoms with Crippen LogP contribution in [0.5, 0.6) is 0 Å². The first-order valence-electron chi connectivity index (χ1n) is 8.52. The van der Waals surface area contributed by atoms with Crippen molar-refractivity contribution in [2.24, 2.45) is 0 Å². The Morgan fingerprint density at radius 1 is 1.38 bits per heavy atom. The molecule has 0 unspecified atom stereocenters. The van der Waals surface area contributed by atoms with Gasteiger partial charge in [0, 0.05) is 19.1 Å². The number of aryl methyl sites for hydroxylation is 2. The van der Waals surface area contributed by atoms with Crippen LogP contribution in [0.4, 0.5) is 4.79 Å². The maximum Gasteiger partial charge on any atom is 0.410 e. The molecule has 2 rings (SSSR count). The van der Waals surface area contributed by atoms with E-state index in [2.05, 4.69) is 5.32 Å². The molecule has 0 aromatic carbocycles. The Balaban J connectivity index is 1.82. The normalized spacial score (nSPS) is 17.9. The summed E-state index contributed by atoms with van der Waals surface area (Å²) in [6, 6.07) is 1.85. The Bertz CT molecular complexity index is 581. The number of ether oxygens (including phenoxy) is 1. The molecule has 0 spiro atoms. The van der Waals surface area contributed by atoms with Gasteiger partial charge >= 0.3 is 6.09 Å². The van der Waals surface area contributed by atoms with Gasteiger partial charge in [0.05, 0.1) is 0 Å². The number of amides is 2. The summed E-state index contributed by atoms with van der Waals surface area (Å²) in [6.45, 7) is 10.6. The van der Waals surface area contributed by atoms with Crippen molar-refractivity contribution in [2.75, 3.05) is 13.1 Å². The number of furan rings is 1. The van der Waals surface area contributed by atoms with Crippen molar-refractivity contribution in [2.45, 2.75) is 65.5 Å². The molecule has 24 heavy (non-hydrogen) atoms. The Morgan fingerprint density at radius 3 is 2.67 bits per heavy atom. The molecule has 2 amide bonds. The number of nitrogens with one attached hydrogen (secondary N) is 1. The molecule has 1 aliphatic heterocycles. The maximum absolute atomic E-state index is 12.2. The Hall–Kier alpha value is -1.98. The maximum atomic E-state index is 12.2. The van der Waals surface area contributed by atoms with Crippen LogP contribution >= 0.6 is 0 Å². The molecule has 0 bridgehead atoms. The average Bonchev–Trinajstić information content (AvgIpc) is 3.04. The summed E-state index contributed by atoms with van der Waals surface area (Å²) in [5.41, 5.74) is 0.472. The summed E-state index contributed by atoms with van der Waals surface area (Å²) in [4.78, 5) is 26.1. The van der Waals surface area contributed by atoms with Gasteiger partial charge in [-0.1, -0.05) is 0 Å². The van der Waals surface area contributed by atoms with Gasteiger partial charge in [-0.05, 0) is 65.5 Å². The number of likely N-dealkylation sites (tertiary alicyclic amines) is 1. The van der Waals surface area contributed by atoms with E-state index in [0.717, 1.165) is 24.2 Å². The van der Waals surface area contributed by atoms with Gasteiger partial charge in [-0.25, -0.2) is 4.79 Å². The number of nitrogens with zero attached hydrogens (tertiary/aromatic N) is 1. The second kappa shape index (κ2) is 7.28. The zero-order valence-electron chi connectivity index (χ0n) is 15.3. The lowest BCUT2D eigenvalue weighted by atomic mass is 10.1. The third-order valence-electron chi connectivity index (χ3n) is 4.16. The molecule has 1 N–H and O–H groups in total. The van der Waals surface area contributed by atoms with Gasteiger partial charge in [-0.3, -0.25) is 4.79 Å². The van der Waals surface area contributed by atoms with Crippen LogP contribution in [-0.4, -0.2) is 41.6 Å². The molecule has 6 heteroatoms. The summed E-state index contributed by atoms with van der Waals surface area (Å²) in [7, 11) is 0. The van der Waals surface area contributed by atoms with Crippen LogP contribution in [0.15, 0.2) is 10.5 Å². The first-order chi connectivity index (χ1) is 11.2. The standard InChI is InChI=1S/C18H28N2O4/c1-12-11-15(23-13(12)2)16(21)19-9-8-14-7-6-10-20(14)17(22)24-18(3,4)5/h11,14H,6-10H2,1-5H3,(H,19,21)/t14-/m1/s1. The molecular formula is C18H28N2O4. The first kappa shape index (κ1) is 18.4. The zero-order valence-corrected chi connectivity index (χ0v) is 15.3. The highest BCUT2D eigenvalue weighted by Crippen LogP contribution is 2.22. The average molecular weight is 336 g/mol. The minimum absolute atomic E-state index is 0.111. The quantitative estimate of drug-likeness (QED) is 0.914. The molecule has 1 fully saturated rings. The minimum Gasteiger partial charge on any atom is -0.456 e. The highest BCUT2D eigenvalue weighted by Gasteiger charge is 2.31. The van der Waals surface area contributed by atoms with Crippen molar-refractivity contribution < 1.29 is 18.7 Å². The van der Waals surface area contributed by atoms with E-state index in [9.17, 15) is 9.59 Å². The third-order valence-corrected chi connectivity index (χ3v) is 4.16. The van der Waals surface area contributed by atoms with Crippen molar-refractivity contribution in [3.05, 3.63) is 23.2 Å². The van der Waals surface area contributed by atoms with E-state index in [-0.39, 0.29) is 18.0 Å². The monoisotopic (exact) mass is 336 g/mol. The van der Waals surface area contributed by atoms with Crippen molar-refractivity contribution in [3.8, 4) is 0 Å².